The largest absolute Gasteiger partial charge is 0.396 e. The Balaban J connectivity index is 2.65. The van der Waals surface area contributed by atoms with Gasteiger partial charge in [0.2, 0.25) is 0 Å². The molecule has 0 aliphatic rings. The molecule has 0 aliphatic heterocycles. The molecule has 1 aromatic rings. The van der Waals surface area contributed by atoms with Crippen molar-refractivity contribution in [3.63, 3.8) is 0 Å². The van der Waals surface area contributed by atoms with Gasteiger partial charge in [-0.05, 0) is 23.5 Å². The topological polar surface area (TPSA) is 33.1 Å². The third-order valence-corrected chi connectivity index (χ3v) is 3.58. The standard InChI is InChI=1S/C13H21NOS/c1-10(7-8-15)16-12-6-5-11(9-14-12)13(2,3)4/h5-6,9-10,15H,7-8H2,1-4H3. The zero-order valence-corrected chi connectivity index (χ0v) is 11.3. The summed E-state index contributed by atoms with van der Waals surface area (Å²) in [7, 11) is 0. The summed E-state index contributed by atoms with van der Waals surface area (Å²) in [6.45, 7) is 8.91. The fraction of sp³-hybridized carbons (Fsp3) is 0.615. The van der Waals surface area contributed by atoms with Crippen LogP contribution in [0.5, 0.6) is 0 Å². The highest BCUT2D eigenvalue weighted by atomic mass is 32.2. The van der Waals surface area contributed by atoms with Gasteiger partial charge in [-0.1, -0.05) is 33.8 Å². The van der Waals surface area contributed by atoms with Gasteiger partial charge >= 0.3 is 0 Å². The molecule has 0 bridgehead atoms. The third kappa shape index (κ3) is 4.14. The molecular formula is C13H21NOS. The predicted octanol–water partition coefficient (Wildman–Crippen LogP) is 3.24. The first-order valence-corrected chi connectivity index (χ1v) is 6.55. The lowest BCUT2D eigenvalue weighted by Gasteiger charge is -2.18. The van der Waals surface area contributed by atoms with Gasteiger partial charge in [-0.2, -0.15) is 0 Å². The van der Waals surface area contributed by atoms with Gasteiger partial charge in [0.05, 0.1) is 5.03 Å². The number of aromatic nitrogens is 1. The molecule has 1 N–H and O–H groups in total. The van der Waals surface area contributed by atoms with Crippen molar-refractivity contribution in [1.29, 1.82) is 0 Å². The molecule has 3 heteroatoms. The minimum atomic E-state index is 0.160. The number of hydrogen-bond donors (Lipinski definition) is 1. The average molecular weight is 239 g/mol. The minimum absolute atomic E-state index is 0.160. The van der Waals surface area contributed by atoms with E-state index in [0.29, 0.717) is 5.25 Å². The smallest absolute Gasteiger partial charge is 0.0962 e. The molecule has 1 heterocycles. The fourth-order valence-electron chi connectivity index (χ4n) is 1.34. The number of pyridine rings is 1. The van der Waals surface area contributed by atoms with Crippen molar-refractivity contribution in [3.05, 3.63) is 23.9 Å². The van der Waals surface area contributed by atoms with Gasteiger partial charge in [0.15, 0.2) is 0 Å². The molecule has 0 saturated carbocycles. The normalized spacial score (nSPS) is 13.8. The van der Waals surface area contributed by atoms with Crippen LogP contribution in [-0.4, -0.2) is 21.9 Å². The van der Waals surface area contributed by atoms with E-state index in [4.69, 9.17) is 5.11 Å². The second-order valence-corrected chi connectivity index (χ2v) is 6.53. The third-order valence-electron chi connectivity index (χ3n) is 2.46. The number of nitrogens with zero attached hydrogens (tertiary/aromatic N) is 1. The number of hydrogen-bond acceptors (Lipinski definition) is 3. The second-order valence-electron chi connectivity index (χ2n) is 5.08. The first-order valence-electron chi connectivity index (χ1n) is 5.67. The van der Waals surface area contributed by atoms with Crippen LogP contribution in [0.2, 0.25) is 0 Å². The molecule has 2 nitrogen and oxygen atoms in total. The highest BCUT2D eigenvalue weighted by Crippen LogP contribution is 2.26. The maximum Gasteiger partial charge on any atom is 0.0962 e. The maximum absolute atomic E-state index is 8.83. The number of rotatable bonds is 4. The van der Waals surface area contributed by atoms with Crippen molar-refractivity contribution in [3.8, 4) is 0 Å². The summed E-state index contributed by atoms with van der Waals surface area (Å²) in [5, 5.41) is 10.3. The number of aliphatic hydroxyl groups is 1. The molecular weight excluding hydrogens is 218 g/mol. The van der Waals surface area contributed by atoms with E-state index in [1.165, 1.54) is 5.56 Å². The summed E-state index contributed by atoms with van der Waals surface area (Å²) in [6, 6.07) is 4.21. The van der Waals surface area contributed by atoms with Crippen molar-refractivity contribution < 1.29 is 5.11 Å². The maximum atomic E-state index is 8.83. The van der Waals surface area contributed by atoms with E-state index < -0.39 is 0 Å². The van der Waals surface area contributed by atoms with Crippen LogP contribution in [0.1, 0.15) is 39.7 Å². The van der Waals surface area contributed by atoms with Crippen molar-refractivity contribution in [2.24, 2.45) is 0 Å². The molecule has 0 saturated heterocycles. The van der Waals surface area contributed by atoms with Crippen LogP contribution < -0.4 is 0 Å². The van der Waals surface area contributed by atoms with Crippen LogP contribution >= 0.6 is 11.8 Å². The van der Waals surface area contributed by atoms with E-state index in [2.05, 4.69) is 44.8 Å². The lowest BCUT2D eigenvalue weighted by Crippen LogP contribution is -2.11. The Labute approximate surface area is 102 Å². The summed E-state index contributed by atoms with van der Waals surface area (Å²) in [5.74, 6) is 0. The van der Waals surface area contributed by atoms with Crippen molar-refractivity contribution in [2.45, 2.75) is 49.8 Å². The molecule has 0 spiro atoms. The van der Waals surface area contributed by atoms with E-state index in [1.54, 1.807) is 11.8 Å². The molecule has 1 unspecified atom stereocenters. The summed E-state index contributed by atoms with van der Waals surface area (Å²) in [6.07, 6.45) is 2.77. The van der Waals surface area contributed by atoms with Crippen molar-refractivity contribution >= 4 is 11.8 Å². The summed E-state index contributed by atoms with van der Waals surface area (Å²) < 4.78 is 0. The Morgan fingerprint density at radius 2 is 2.06 bits per heavy atom. The summed E-state index contributed by atoms with van der Waals surface area (Å²) in [4.78, 5) is 4.45. The molecule has 0 fully saturated rings. The van der Waals surface area contributed by atoms with Gasteiger partial charge in [-0.3, -0.25) is 0 Å². The molecule has 0 amide bonds. The minimum Gasteiger partial charge on any atom is -0.396 e. The van der Waals surface area contributed by atoms with Gasteiger partial charge in [0.25, 0.3) is 0 Å². The van der Waals surface area contributed by atoms with E-state index in [1.807, 2.05) is 6.20 Å². The Morgan fingerprint density at radius 1 is 1.38 bits per heavy atom. The van der Waals surface area contributed by atoms with Crippen LogP contribution in [-0.2, 0) is 5.41 Å². The fourth-order valence-corrected chi connectivity index (χ4v) is 2.24. The van der Waals surface area contributed by atoms with E-state index in [9.17, 15) is 0 Å². The van der Waals surface area contributed by atoms with E-state index in [-0.39, 0.29) is 12.0 Å². The predicted molar refractivity (Wildman–Crippen MR) is 70.0 cm³/mol. The summed E-state index contributed by atoms with van der Waals surface area (Å²) in [5.41, 5.74) is 1.42. The first-order chi connectivity index (χ1) is 7.43. The summed E-state index contributed by atoms with van der Waals surface area (Å²) >= 11 is 1.72. The Morgan fingerprint density at radius 3 is 2.50 bits per heavy atom. The van der Waals surface area contributed by atoms with Crippen LogP contribution in [0.15, 0.2) is 23.4 Å². The molecule has 1 rings (SSSR count). The van der Waals surface area contributed by atoms with E-state index in [0.717, 1.165) is 11.4 Å². The Bertz CT molecular complexity index is 316. The quantitative estimate of drug-likeness (QED) is 0.819. The zero-order chi connectivity index (χ0) is 12.2. The van der Waals surface area contributed by atoms with E-state index >= 15 is 0 Å². The molecule has 16 heavy (non-hydrogen) atoms. The molecule has 0 aromatic carbocycles. The number of thioether (sulfide) groups is 1. The van der Waals surface area contributed by atoms with Gasteiger partial charge in [0, 0.05) is 18.1 Å². The van der Waals surface area contributed by atoms with Crippen LogP contribution in [0.3, 0.4) is 0 Å². The average Bonchev–Trinajstić information content (AvgIpc) is 2.17. The molecule has 0 aliphatic carbocycles. The lowest BCUT2D eigenvalue weighted by molar-refractivity contribution is 0.289. The van der Waals surface area contributed by atoms with Crippen LogP contribution in [0.4, 0.5) is 0 Å². The Kier molecular flexibility index (Phi) is 4.81. The molecule has 1 aromatic heterocycles. The highest BCUT2D eigenvalue weighted by Gasteiger charge is 2.14. The van der Waals surface area contributed by atoms with Gasteiger partial charge in [-0.15, -0.1) is 11.8 Å². The second kappa shape index (κ2) is 5.69. The van der Waals surface area contributed by atoms with Crippen molar-refractivity contribution in [1.82, 2.24) is 4.98 Å². The van der Waals surface area contributed by atoms with Crippen LogP contribution in [0, 0.1) is 0 Å². The van der Waals surface area contributed by atoms with Crippen LogP contribution in [0.25, 0.3) is 0 Å². The molecule has 0 radical (unpaired) electrons. The lowest BCUT2D eigenvalue weighted by atomic mass is 9.88. The zero-order valence-electron chi connectivity index (χ0n) is 10.5. The first kappa shape index (κ1) is 13.5. The monoisotopic (exact) mass is 239 g/mol. The highest BCUT2D eigenvalue weighted by molar-refractivity contribution is 7.99. The SMILES string of the molecule is CC(CCO)Sc1ccc(C(C)(C)C)cn1. The van der Waals surface area contributed by atoms with Crippen molar-refractivity contribution in [2.75, 3.05) is 6.61 Å². The Hall–Kier alpha value is -0.540. The number of aliphatic hydroxyl groups excluding tert-OH is 1. The molecule has 90 valence electrons. The van der Waals surface area contributed by atoms with Gasteiger partial charge in [0.1, 0.15) is 0 Å². The molecule has 1 atom stereocenters. The van der Waals surface area contributed by atoms with Gasteiger partial charge in [-0.25, -0.2) is 4.98 Å². The van der Waals surface area contributed by atoms with Gasteiger partial charge < -0.3 is 5.11 Å².